The van der Waals surface area contributed by atoms with Gasteiger partial charge in [0.2, 0.25) is 0 Å². The lowest BCUT2D eigenvalue weighted by atomic mass is 9.88. The summed E-state index contributed by atoms with van der Waals surface area (Å²) in [6, 6.07) is 0. The molecule has 4 nitrogen and oxygen atoms in total. The molecule has 0 spiro atoms. The maximum absolute atomic E-state index is 10.9. The van der Waals surface area contributed by atoms with Gasteiger partial charge in [-0.25, -0.2) is 0 Å². The van der Waals surface area contributed by atoms with Gasteiger partial charge in [0.15, 0.2) is 0 Å². The van der Waals surface area contributed by atoms with E-state index in [1.165, 1.54) is 0 Å². The number of carbonyl (C=O) groups is 2. The number of hydrogen-bond donors (Lipinski definition) is 2. The zero-order valence-corrected chi connectivity index (χ0v) is 9.26. The Balaban J connectivity index is 2.48. The second-order valence-electron chi connectivity index (χ2n) is 4.29. The Morgan fingerprint density at radius 2 is 1.50 bits per heavy atom. The van der Waals surface area contributed by atoms with E-state index in [9.17, 15) is 9.59 Å². The van der Waals surface area contributed by atoms with Crippen molar-refractivity contribution in [2.45, 2.75) is 38.5 Å². The molecule has 2 N–H and O–H groups in total. The maximum Gasteiger partial charge on any atom is 0.306 e. The molecular formula is C12H18O4. The van der Waals surface area contributed by atoms with Crippen LogP contribution in [0, 0.1) is 24.7 Å². The van der Waals surface area contributed by atoms with E-state index in [0.29, 0.717) is 25.7 Å². The Labute approximate surface area is 95.7 Å². The fraction of sp³-hybridized carbons (Fsp3) is 0.667. The monoisotopic (exact) mass is 226 g/mol. The number of carboxylic acid groups (broad SMARTS) is 2. The van der Waals surface area contributed by atoms with Crippen molar-refractivity contribution < 1.29 is 19.8 Å². The largest absolute Gasteiger partial charge is 0.481 e. The quantitative estimate of drug-likeness (QED) is 0.756. The van der Waals surface area contributed by atoms with Gasteiger partial charge >= 0.3 is 11.9 Å². The molecule has 0 aromatic carbocycles. The molecule has 1 fully saturated rings. The molecule has 0 aromatic heterocycles. The molecule has 0 aromatic rings. The van der Waals surface area contributed by atoms with Crippen LogP contribution in [-0.2, 0) is 9.59 Å². The van der Waals surface area contributed by atoms with Crippen LogP contribution in [0.3, 0.4) is 0 Å². The molecule has 90 valence electrons. The van der Waals surface area contributed by atoms with Crippen molar-refractivity contribution in [2.24, 2.45) is 11.8 Å². The van der Waals surface area contributed by atoms with E-state index in [-0.39, 0.29) is 11.8 Å². The normalized spacial score (nSPS) is 28.2. The average molecular weight is 226 g/mol. The van der Waals surface area contributed by atoms with Gasteiger partial charge in [-0.05, 0) is 38.5 Å². The van der Waals surface area contributed by atoms with E-state index in [4.69, 9.17) is 10.2 Å². The van der Waals surface area contributed by atoms with Crippen LogP contribution in [0.4, 0.5) is 0 Å². The molecule has 0 bridgehead atoms. The van der Waals surface area contributed by atoms with Gasteiger partial charge in [0.1, 0.15) is 0 Å². The summed E-state index contributed by atoms with van der Waals surface area (Å²) in [4.78, 5) is 21.8. The first kappa shape index (κ1) is 13.0. The third-order valence-corrected chi connectivity index (χ3v) is 3.01. The predicted molar refractivity (Wildman–Crippen MR) is 58.6 cm³/mol. The van der Waals surface area contributed by atoms with Gasteiger partial charge < -0.3 is 10.2 Å². The first-order valence-electron chi connectivity index (χ1n) is 5.70. The van der Waals surface area contributed by atoms with E-state index in [1.807, 2.05) is 12.8 Å². The Kier molecular flexibility index (Phi) is 5.29. The van der Waals surface area contributed by atoms with Crippen LogP contribution in [0.15, 0.2) is 0 Å². The molecule has 0 amide bonds. The van der Waals surface area contributed by atoms with E-state index in [1.54, 1.807) is 0 Å². The highest BCUT2D eigenvalue weighted by Gasteiger charge is 2.22. The van der Waals surface area contributed by atoms with Gasteiger partial charge in [0.05, 0.1) is 11.8 Å². The van der Waals surface area contributed by atoms with Crippen LogP contribution in [0.2, 0.25) is 0 Å². The average Bonchev–Trinajstić information content (AvgIpc) is 2.24. The highest BCUT2D eigenvalue weighted by Crippen LogP contribution is 2.23. The summed E-state index contributed by atoms with van der Waals surface area (Å²) in [6.45, 7) is 0. The summed E-state index contributed by atoms with van der Waals surface area (Å²) < 4.78 is 0. The van der Waals surface area contributed by atoms with Crippen LogP contribution >= 0.6 is 0 Å². The lowest BCUT2D eigenvalue weighted by Gasteiger charge is -2.17. The number of hydrogen-bond acceptors (Lipinski definition) is 2. The SMILES string of the molecule is O=C(O)C1C[CH]CCCC(C(=O)O)C[CH]C1. The van der Waals surface area contributed by atoms with Crippen molar-refractivity contribution in [1.82, 2.24) is 0 Å². The lowest BCUT2D eigenvalue weighted by molar-refractivity contribution is -0.142. The number of carboxylic acids is 2. The van der Waals surface area contributed by atoms with E-state index in [2.05, 4.69) is 0 Å². The van der Waals surface area contributed by atoms with Crippen LogP contribution < -0.4 is 0 Å². The molecule has 1 rings (SSSR count). The van der Waals surface area contributed by atoms with Gasteiger partial charge in [0.25, 0.3) is 0 Å². The first-order valence-corrected chi connectivity index (χ1v) is 5.70. The van der Waals surface area contributed by atoms with Crippen LogP contribution in [-0.4, -0.2) is 22.2 Å². The fourth-order valence-electron chi connectivity index (χ4n) is 1.97. The molecule has 16 heavy (non-hydrogen) atoms. The smallest absolute Gasteiger partial charge is 0.306 e. The van der Waals surface area contributed by atoms with Gasteiger partial charge in [-0.2, -0.15) is 0 Å². The fourth-order valence-corrected chi connectivity index (χ4v) is 1.97. The van der Waals surface area contributed by atoms with E-state index < -0.39 is 11.9 Å². The maximum atomic E-state index is 10.9. The molecule has 1 aliphatic rings. The van der Waals surface area contributed by atoms with Gasteiger partial charge in [-0.15, -0.1) is 0 Å². The van der Waals surface area contributed by atoms with Gasteiger partial charge in [-0.3, -0.25) is 9.59 Å². The molecule has 1 saturated carbocycles. The van der Waals surface area contributed by atoms with Crippen molar-refractivity contribution in [1.29, 1.82) is 0 Å². The van der Waals surface area contributed by atoms with Crippen LogP contribution in [0.1, 0.15) is 38.5 Å². The van der Waals surface area contributed by atoms with E-state index >= 15 is 0 Å². The molecule has 0 saturated heterocycles. The van der Waals surface area contributed by atoms with Crippen molar-refractivity contribution >= 4 is 11.9 Å². The van der Waals surface area contributed by atoms with E-state index in [0.717, 1.165) is 12.8 Å². The summed E-state index contributed by atoms with van der Waals surface area (Å²) in [6.07, 6.45) is 7.65. The van der Waals surface area contributed by atoms with Crippen LogP contribution in [0.25, 0.3) is 0 Å². The van der Waals surface area contributed by atoms with Gasteiger partial charge in [0, 0.05) is 0 Å². The Morgan fingerprint density at radius 3 is 2.12 bits per heavy atom. The van der Waals surface area contributed by atoms with Crippen molar-refractivity contribution in [3.63, 3.8) is 0 Å². The molecule has 2 radical (unpaired) electrons. The third-order valence-electron chi connectivity index (χ3n) is 3.01. The second kappa shape index (κ2) is 6.51. The predicted octanol–water partition coefficient (Wildman–Crippen LogP) is 2.15. The highest BCUT2D eigenvalue weighted by atomic mass is 16.4. The standard InChI is InChI=1S/C12H18O4/c13-11(14)9-5-2-1-3-6-10(12(15)16)8-4-7-9/h2,4,9-10H,1,3,5-8H2,(H,13,14)(H,15,16). The summed E-state index contributed by atoms with van der Waals surface area (Å²) in [5.74, 6) is -2.29. The summed E-state index contributed by atoms with van der Waals surface area (Å²) in [5.41, 5.74) is 0. The molecule has 0 aliphatic heterocycles. The lowest BCUT2D eigenvalue weighted by Crippen LogP contribution is -2.18. The molecule has 1 aliphatic carbocycles. The first-order chi connectivity index (χ1) is 7.61. The molecular weight excluding hydrogens is 208 g/mol. The Hall–Kier alpha value is -1.06. The zero-order valence-electron chi connectivity index (χ0n) is 9.26. The highest BCUT2D eigenvalue weighted by molar-refractivity contribution is 5.71. The van der Waals surface area contributed by atoms with Crippen LogP contribution in [0.5, 0.6) is 0 Å². The van der Waals surface area contributed by atoms with Crippen molar-refractivity contribution in [2.75, 3.05) is 0 Å². The minimum absolute atomic E-state index is 0.346. The summed E-state index contributed by atoms with van der Waals surface area (Å²) >= 11 is 0. The molecule has 2 unspecified atom stereocenters. The molecule has 2 atom stereocenters. The second-order valence-corrected chi connectivity index (χ2v) is 4.29. The number of aliphatic carboxylic acids is 2. The molecule has 4 heteroatoms. The topological polar surface area (TPSA) is 74.6 Å². The van der Waals surface area contributed by atoms with Gasteiger partial charge in [-0.1, -0.05) is 12.8 Å². The molecule has 0 heterocycles. The summed E-state index contributed by atoms with van der Waals surface area (Å²) in [7, 11) is 0. The minimum atomic E-state index is -0.792. The zero-order chi connectivity index (χ0) is 12.0. The Bertz CT molecular complexity index is 225. The van der Waals surface area contributed by atoms with Crippen molar-refractivity contribution in [3.8, 4) is 0 Å². The number of rotatable bonds is 2. The minimum Gasteiger partial charge on any atom is -0.481 e. The van der Waals surface area contributed by atoms with Crippen molar-refractivity contribution in [3.05, 3.63) is 12.8 Å². The Morgan fingerprint density at radius 1 is 0.938 bits per heavy atom. The summed E-state index contributed by atoms with van der Waals surface area (Å²) in [5, 5.41) is 17.9. The third kappa shape index (κ3) is 4.21.